The number of hydrogen-bond donors (Lipinski definition) is 2. The minimum absolute atomic E-state index is 0.207. The Morgan fingerprint density at radius 3 is 2.21 bits per heavy atom. The molecule has 3 aromatic rings. The van der Waals surface area contributed by atoms with Crippen LogP contribution in [-0.2, 0) is 10.0 Å². The molecule has 1 unspecified atom stereocenters. The summed E-state index contributed by atoms with van der Waals surface area (Å²) < 4.78 is 70.0. The van der Waals surface area contributed by atoms with E-state index in [1.807, 2.05) is 29.2 Å². The van der Waals surface area contributed by atoms with Crippen LogP contribution in [0.2, 0.25) is 0 Å². The van der Waals surface area contributed by atoms with Crippen molar-refractivity contribution >= 4 is 33.0 Å². The molecule has 3 atom stereocenters. The number of halogens is 3. The summed E-state index contributed by atoms with van der Waals surface area (Å²) in [6.07, 6.45) is -4.60. The number of para-hydroxylation sites is 3. The number of anilines is 3. The number of carbonyl (C=O) groups is 1. The number of aliphatic hydroxyl groups is 1. The third-order valence-electron chi connectivity index (χ3n) is 7.03. The smallest absolute Gasteiger partial charge is 0.406 e. The van der Waals surface area contributed by atoms with Crippen LogP contribution in [0.4, 0.5) is 30.2 Å². The molecule has 206 valence electrons. The molecule has 5 rings (SSSR count). The van der Waals surface area contributed by atoms with Crippen LogP contribution in [0.1, 0.15) is 29.6 Å². The maximum atomic E-state index is 13.3. The van der Waals surface area contributed by atoms with Crippen molar-refractivity contribution in [3.05, 3.63) is 78.4 Å². The number of fused-ring (bicyclic) bond motifs is 2. The summed E-state index contributed by atoms with van der Waals surface area (Å²) >= 11 is 0. The number of nitrogens with zero attached hydrogens (tertiary/aromatic N) is 2. The number of carbonyl (C=O) groups excluding carboxylic acids is 1. The number of amides is 1. The van der Waals surface area contributed by atoms with Crippen LogP contribution < -0.4 is 19.3 Å². The molecule has 0 radical (unpaired) electrons. The fraction of sp³-hybridized carbons (Fsp3) is 0.296. The summed E-state index contributed by atoms with van der Waals surface area (Å²) in [4.78, 5) is 16.5. The second-order valence-corrected chi connectivity index (χ2v) is 11.2. The number of alkyl halides is 3. The zero-order chi connectivity index (χ0) is 27.9. The number of aliphatic hydroxyl groups excluding tert-OH is 1. The number of sulfonamides is 1. The summed E-state index contributed by atoms with van der Waals surface area (Å²) in [7, 11) is -2.50. The van der Waals surface area contributed by atoms with E-state index in [0.29, 0.717) is 41.9 Å². The van der Waals surface area contributed by atoms with Gasteiger partial charge in [-0.3, -0.25) is 4.79 Å². The van der Waals surface area contributed by atoms with Gasteiger partial charge >= 0.3 is 6.36 Å². The van der Waals surface area contributed by atoms with Crippen LogP contribution in [0.5, 0.6) is 5.75 Å². The predicted octanol–water partition coefficient (Wildman–Crippen LogP) is 4.57. The Balaban J connectivity index is 1.45. The lowest BCUT2D eigenvalue weighted by molar-refractivity contribution is -0.274. The summed E-state index contributed by atoms with van der Waals surface area (Å²) in [5.41, 5.74) is 2.40. The molecular weight excluding hydrogens is 535 g/mol. The largest absolute Gasteiger partial charge is 0.573 e. The van der Waals surface area contributed by atoms with Crippen molar-refractivity contribution in [1.82, 2.24) is 4.72 Å². The van der Waals surface area contributed by atoms with E-state index in [-0.39, 0.29) is 10.8 Å². The quantitative estimate of drug-likeness (QED) is 0.474. The molecule has 0 spiro atoms. The fourth-order valence-electron chi connectivity index (χ4n) is 5.25. The van der Waals surface area contributed by atoms with Gasteiger partial charge in [-0.05, 0) is 67.8 Å². The molecule has 0 bridgehead atoms. The SMILES string of the molecule is CN1C(=O)c2ccccc2N(C2CCC[C@@H](NS(=O)(=O)c3ccc(OC(F)(F)F)cc3)[C@@H]2O)c2ccccc21. The van der Waals surface area contributed by atoms with Gasteiger partial charge in [0, 0.05) is 7.05 Å². The lowest BCUT2D eigenvalue weighted by Crippen LogP contribution is -2.55. The Morgan fingerprint density at radius 2 is 1.54 bits per heavy atom. The standard InChI is InChI=1S/C27H26F3N3O5S/c1-32-22-10-4-5-11-23(22)33(21-9-3-2-7-19(21)26(32)35)24-12-6-8-20(25(24)34)31-39(36,37)18-15-13-17(14-16-18)38-27(28,29)30/h2-5,7,9-11,13-16,20,24-25,31,34H,6,8,12H2,1H3/t20-,24?,25+/m1/s1. The van der Waals surface area contributed by atoms with Gasteiger partial charge in [-0.2, -0.15) is 0 Å². The first-order chi connectivity index (χ1) is 18.5. The summed E-state index contributed by atoms with van der Waals surface area (Å²) in [6.45, 7) is 0. The minimum atomic E-state index is -4.90. The van der Waals surface area contributed by atoms with Crippen LogP contribution in [-0.4, -0.2) is 51.0 Å². The van der Waals surface area contributed by atoms with Crippen LogP contribution in [0.25, 0.3) is 0 Å². The van der Waals surface area contributed by atoms with E-state index >= 15 is 0 Å². The highest BCUT2D eigenvalue weighted by atomic mass is 32.2. The number of benzene rings is 3. The zero-order valence-electron chi connectivity index (χ0n) is 20.8. The Bertz CT molecular complexity index is 1480. The molecule has 3 aromatic carbocycles. The molecule has 8 nitrogen and oxygen atoms in total. The first-order valence-corrected chi connectivity index (χ1v) is 13.8. The number of nitrogens with one attached hydrogen (secondary N) is 1. The van der Waals surface area contributed by atoms with Crippen molar-refractivity contribution in [3.63, 3.8) is 0 Å². The topological polar surface area (TPSA) is 99.2 Å². The van der Waals surface area contributed by atoms with Gasteiger partial charge in [0.1, 0.15) is 5.75 Å². The molecular formula is C27H26F3N3O5S. The van der Waals surface area contributed by atoms with Crippen molar-refractivity contribution in [2.75, 3.05) is 16.8 Å². The van der Waals surface area contributed by atoms with Gasteiger partial charge in [0.15, 0.2) is 0 Å². The lowest BCUT2D eigenvalue weighted by atomic mass is 9.86. The van der Waals surface area contributed by atoms with Crippen molar-refractivity contribution < 1.29 is 36.2 Å². The summed E-state index contributed by atoms with van der Waals surface area (Å²) in [5, 5.41) is 11.5. The molecule has 2 aliphatic rings. The van der Waals surface area contributed by atoms with Gasteiger partial charge in [-0.15, -0.1) is 13.2 Å². The maximum Gasteiger partial charge on any atom is 0.573 e. The Labute approximate surface area is 223 Å². The first kappa shape index (κ1) is 27.0. The Morgan fingerprint density at radius 1 is 0.923 bits per heavy atom. The van der Waals surface area contributed by atoms with Crippen molar-refractivity contribution in [2.45, 2.75) is 48.7 Å². The third kappa shape index (κ3) is 5.32. The monoisotopic (exact) mass is 561 g/mol. The fourth-order valence-corrected chi connectivity index (χ4v) is 6.53. The average Bonchev–Trinajstić information content (AvgIpc) is 2.98. The molecule has 0 saturated heterocycles. The molecule has 1 fully saturated rings. The highest BCUT2D eigenvalue weighted by Crippen LogP contribution is 2.44. The molecule has 0 aromatic heterocycles. The van der Waals surface area contributed by atoms with Gasteiger partial charge in [0.2, 0.25) is 10.0 Å². The highest BCUT2D eigenvalue weighted by molar-refractivity contribution is 7.89. The van der Waals surface area contributed by atoms with Gasteiger partial charge in [-0.1, -0.05) is 24.3 Å². The van der Waals surface area contributed by atoms with E-state index in [1.54, 1.807) is 36.2 Å². The number of ether oxygens (including phenoxy) is 1. The Hall–Kier alpha value is -3.61. The molecule has 1 aliphatic heterocycles. The molecule has 2 N–H and O–H groups in total. The van der Waals surface area contributed by atoms with Gasteiger partial charge in [0.05, 0.1) is 45.7 Å². The molecule has 1 heterocycles. The Kier molecular flexibility index (Phi) is 7.04. The van der Waals surface area contributed by atoms with Crippen LogP contribution in [0, 0.1) is 0 Å². The lowest BCUT2D eigenvalue weighted by Gasteiger charge is -2.43. The van der Waals surface area contributed by atoms with Crippen molar-refractivity contribution in [1.29, 1.82) is 0 Å². The first-order valence-electron chi connectivity index (χ1n) is 12.3. The van der Waals surface area contributed by atoms with Gasteiger partial charge in [-0.25, -0.2) is 13.1 Å². The van der Waals surface area contributed by atoms with Crippen LogP contribution in [0.15, 0.2) is 77.7 Å². The second-order valence-electron chi connectivity index (χ2n) is 9.48. The van der Waals surface area contributed by atoms with Crippen LogP contribution in [0.3, 0.4) is 0 Å². The second kappa shape index (κ2) is 10.2. The molecule has 1 aliphatic carbocycles. The zero-order valence-corrected chi connectivity index (χ0v) is 21.6. The summed E-state index contributed by atoms with van der Waals surface area (Å²) in [6, 6.07) is 16.8. The van der Waals surface area contributed by atoms with E-state index in [1.165, 1.54) is 0 Å². The molecule has 1 saturated carbocycles. The number of rotatable bonds is 5. The van der Waals surface area contributed by atoms with Crippen molar-refractivity contribution in [2.24, 2.45) is 0 Å². The van der Waals surface area contributed by atoms with Crippen LogP contribution >= 0.6 is 0 Å². The van der Waals surface area contributed by atoms with E-state index in [2.05, 4.69) is 9.46 Å². The molecule has 12 heteroatoms. The van der Waals surface area contributed by atoms with Crippen molar-refractivity contribution in [3.8, 4) is 5.75 Å². The van der Waals surface area contributed by atoms with E-state index < -0.39 is 40.3 Å². The normalized spacial score (nSPS) is 21.7. The van der Waals surface area contributed by atoms with E-state index in [4.69, 9.17) is 0 Å². The average molecular weight is 562 g/mol. The maximum absolute atomic E-state index is 13.3. The summed E-state index contributed by atoms with van der Waals surface area (Å²) in [5.74, 6) is -0.752. The minimum Gasteiger partial charge on any atom is -0.406 e. The molecule has 1 amide bonds. The third-order valence-corrected chi connectivity index (χ3v) is 8.53. The van der Waals surface area contributed by atoms with Gasteiger partial charge in [0.25, 0.3) is 5.91 Å². The number of hydrogen-bond acceptors (Lipinski definition) is 6. The predicted molar refractivity (Wildman–Crippen MR) is 139 cm³/mol. The van der Waals surface area contributed by atoms with E-state index in [0.717, 1.165) is 24.3 Å². The molecule has 39 heavy (non-hydrogen) atoms. The van der Waals surface area contributed by atoms with E-state index in [9.17, 15) is 31.5 Å². The highest BCUT2D eigenvalue weighted by Gasteiger charge is 2.41. The van der Waals surface area contributed by atoms with Gasteiger partial charge < -0.3 is 19.6 Å².